The lowest BCUT2D eigenvalue weighted by molar-refractivity contribution is 0.263. The molecule has 0 aliphatic carbocycles. The third-order valence-electron chi connectivity index (χ3n) is 2.56. The molecule has 1 aromatic carbocycles. The van der Waals surface area contributed by atoms with Crippen LogP contribution in [0.5, 0.6) is 5.88 Å². The highest BCUT2D eigenvalue weighted by Gasteiger charge is 2.06. The molecular formula is C13H11N3O2. The van der Waals surface area contributed by atoms with Crippen molar-refractivity contribution in [3.05, 3.63) is 48.7 Å². The van der Waals surface area contributed by atoms with E-state index in [0.29, 0.717) is 18.2 Å². The number of benzene rings is 1. The maximum atomic E-state index is 5.71. The molecule has 0 aliphatic rings. The van der Waals surface area contributed by atoms with Crippen molar-refractivity contribution in [1.29, 1.82) is 0 Å². The minimum absolute atomic E-state index is 0.337. The lowest BCUT2D eigenvalue weighted by Crippen LogP contribution is -1.98. The van der Waals surface area contributed by atoms with E-state index in [9.17, 15) is 0 Å². The van der Waals surface area contributed by atoms with Crippen molar-refractivity contribution in [2.45, 2.75) is 6.61 Å². The Labute approximate surface area is 103 Å². The molecule has 2 aromatic heterocycles. The van der Waals surface area contributed by atoms with E-state index in [0.717, 1.165) is 16.7 Å². The van der Waals surface area contributed by atoms with Crippen LogP contribution in [0.15, 0.2) is 47.3 Å². The predicted molar refractivity (Wildman–Crippen MR) is 67.0 cm³/mol. The summed E-state index contributed by atoms with van der Waals surface area (Å²) in [7, 11) is 0. The van der Waals surface area contributed by atoms with E-state index in [-0.39, 0.29) is 0 Å². The summed E-state index contributed by atoms with van der Waals surface area (Å²) >= 11 is 0. The molecule has 0 amide bonds. The van der Waals surface area contributed by atoms with Crippen LogP contribution >= 0.6 is 0 Å². The standard InChI is InChI=1S/C13H11N3O2/c14-9-3-4-11-12(6-9)15-8-16-13(11)18-7-10-2-1-5-17-10/h1-6,8H,7,14H2. The van der Waals surface area contributed by atoms with E-state index in [1.165, 1.54) is 6.33 Å². The number of nitrogens with two attached hydrogens (primary N) is 1. The number of aromatic nitrogens is 2. The van der Waals surface area contributed by atoms with Gasteiger partial charge in [-0.05, 0) is 30.3 Å². The van der Waals surface area contributed by atoms with Gasteiger partial charge in [0.15, 0.2) is 0 Å². The van der Waals surface area contributed by atoms with E-state index in [2.05, 4.69) is 9.97 Å². The number of furan rings is 1. The second-order valence-corrected chi connectivity index (χ2v) is 3.82. The van der Waals surface area contributed by atoms with Crippen molar-refractivity contribution in [2.75, 3.05) is 5.73 Å². The second kappa shape index (κ2) is 4.37. The summed E-state index contributed by atoms with van der Waals surface area (Å²) in [6, 6.07) is 9.10. The minimum Gasteiger partial charge on any atom is -0.469 e. The zero-order valence-electron chi connectivity index (χ0n) is 9.54. The summed E-state index contributed by atoms with van der Waals surface area (Å²) in [5, 5.41) is 0.832. The Morgan fingerprint density at radius 2 is 2.17 bits per heavy atom. The first-order chi connectivity index (χ1) is 8.83. The van der Waals surface area contributed by atoms with Gasteiger partial charge < -0.3 is 14.9 Å². The summed E-state index contributed by atoms with van der Waals surface area (Å²) in [6.45, 7) is 0.337. The van der Waals surface area contributed by atoms with Crippen LogP contribution in [0.2, 0.25) is 0 Å². The molecule has 2 heterocycles. The normalized spacial score (nSPS) is 10.7. The van der Waals surface area contributed by atoms with Gasteiger partial charge in [-0.2, -0.15) is 0 Å². The minimum atomic E-state index is 0.337. The fourth-order valence-corrected chi connectivity index (χ4v) is 1.70. The molecule has 0 saturated heterocycles. The molecule has 0 aliphatic heterocycles. The molecule has 0 unspecified atom stereocenters. The Morgan fingerprint density at radius 3 is 3.00 bits per heavy atom. The Hall–Kier alpha value is -2.56. The van der Waals surface area contributed by atoms with E-state index in [1.54, 1.807) is 18.4 Å². The Kier molecular flexibility index (Phi) is 2.57. The van der Waals surface area contributed by atoms with Crippen LogP contribution in [0.4, 0.5) is 5.69 Å². The van der Waals surface area contributed by atoms with Gasteiger partial charge >= 0.3 is 0 Å². The van der Waals surface area contributed by atoms with Crippen molar-refractivity contribution in [1.82, 2.24) is 9.97 Å². The molecule has 0 saturated carbocycles. The summed E-state index contributed by atoms with van der Waals surface area (Å²) in [6.07, 6.45) is 3.07. The molecule has 0 fully saturated rings. The van der Waals surface area contributed by atoms with Gasteiger partial charge in [0, 0.05) is 5.69 Å². The maximum absolute atomic E-state index is 5.71. The molecule has 0 atom stereocenters. The average molecular weight is 241 g/mol. The highest BCUT2D eigenvalue weighted by molar-refractivity contribution is 5.85. The zero-order chi connectivity index (χ0) is 12.4. The van der Waals surface area contributed by atoms with Crippen molar-refractivity contribution < 1.29 is 9.15 Å². The number of rotatable bonds is 3. The van der Waals surface area contributed by atoms with Crippen LogP contribution in [0, 0.1) is 0 Å². The van der Waals surface area contributed by atoms with Gasteiger partial charge in [0.25, 0.3) is 0 Å². The van der Waals surface area contributed by atoms with Crippen LogP contribution < -0.4 is 10.5 Å². The molecule has 0 radical (unpaired) electrons. The van der Waals surface area contributed by atoms with Gasteiger partial charge in [-0.25, -0.2) is 9.97 Å². The lowest BCUT2D eigenvalue weighted by Gasteiger charge is -2.06. The van der Waals surface area contributed by atoms with Crippen molar-refractivity contribution in [2.24, 2.45) is 0 Å². The summed E-state index contributed by atoms with van der Waals surface area (Å²) < 4.78 is 10.8. The van der Waals surface area contributed by atoms with Crippen molar-refractivity contribution >= 4 is 16.6 Å². The molecule has 3 rings (SSSR count). The number of nitrogen functional groups attached to an aromatic ring is 1. The highest BCUT2D eigenvalue weighted by atomic mass is 16.5. The monoisotopic (exact) mass is 241 g/mol. The summed E-state index contributed by atoms with van der Waals surface area (Å²) in [5.74, 6) is 1.27. The first kappa shape index (κ1) is 10.6. The quantitative estimate of drug-likeness (QED) is 0.712. The Balaban J connectivity index is 1.92. The number of hydrogen-bond acceptors (Lipinski definition) is 5. The predicted octanol–water partition coefficient (Wildman–Crippen LogP) is 2.38. The number of fused-ring (bicyclic) bond motifs is 1. The van der Waals surface area contributed by atoms with Crippen LogP contribution in [0.3, 0.4) is 0 Å². The smallest absolute Gasteiger partial charge is 0.224 e. The maximum Gasteiger partial charge on any atom is 0.224 e. The van der Waals surface area contributed by atoms with Gasteiger partial charge in [0.2, 0.25) is 5.88 Å². The summed E-state index contributed by atoms with van der Waals surface area (Å²) in [4.78, 5) is 8.27. The zero-order valence-corrected chi connectivity index (χ0v) is 9.54. The van der Waals surface area contributed by atoms with Crippen LogP contribution in [0.1, 0.15) is 5.76 Å². The third-order valence-corrected chi connectivity index (χ3v) is 2.56. The molecule has 2 N–H and O–H groups in total. The summed E-state index contributed by atoms with van der Waals surface area (Å²) in [5.41, 5.74) is 7.14. The van der Waals surface area contributed by atoms with E-state index >= 15 is 0 Å². The van der Waals surface area contributed by atoms with Crippen LogP contribution in [-0.2, 0) is 6.61 Å². The molecule has 5 nitrogen and oxygen atoms in total. The topological polar surface area (TPSA) is 74.2 Å². The first-order valence-electron chi connectivity index (χ1n) is 5.48. The van der Waals surface area contributed by atoms with Gasteiger partial charge in [-0.15, -0.1) is 0 Å². The Bertz CT molecular complexity index is 665. The van der Waals surface area contributed by atoms with Crippen LogP contribution in [0.25, 0.3) is 10.9 Å². The number of nitrogens with zero attached hydrogens (tertiary/aromatic N) is 2. The van der Waals surface area contributed by atoms with Gasteiger partial charge in [0.05, 0.1) is 17.2 Å². The number of hydrogen-bond donors (Lipinski definition) is 1. The number of anilines is 1. The second-order valence-electron chi connectivity index (χ2n) is 3.82. The Morgan fingerprint density at radius 1 is 1.22 bits per heavy atom. The molecule has 90 valence electrons. The first-order valence-corrected chi connectivity index (χ1v) is 5.48. The van der Waals surface area contributed by atoms with Gasteiger partial charge in [-0.3, -0.25) is 0 Å². The SMILES string of the molecule is Nc1ccc2c(OCc3ccco3)ncnc2c1. The third kappa shape index (κ3) is 1.98. The molecule has 18 heavy (non-hydrogen) atoms. The molecule has 3 aromatic rings. The van der Waals surface area contributed by atoms with Gasteiger partial charge in [0.1, 0.15) is 18.7 Å². The van der Waals surface area contributed by atoms with Gasteiger partial charge in [-0.1, -0.05) is 0 Å². The molecule has 0 bridgehead atoms. The molecule has 5 heteroatoms. The molecular weight excluding hydrogens is 230 g/mol. The van der Waals surface area contributed by atoms with E-state index in [1.807, 2.05) is 18.2 Å². The number of ether oxygens (including phenoxy) is 1. The highest BCUT2D eigenvalue weighted by Crippen LogP contribution is 2.23. The fourth-order valence-electron chi connectivity index (χ4n) is 1.70. The van der Waals surface area contributed by atoms with E-state index < -0.39 is 0 Å². The van der Waals surface area contributed by atoms with Crippen molar-refractivity contribution in [3.8, 4) is 5.88 Å². The molecule has 0 spiro atoms. The van der Waals surface area contributed by atoms with Crippen molar-refractivity contribution in [3.63, 3.8) is 0 Å². The largest absolute Gasteiger partial charge is 0.469 e. The van der Waals surface area contributed by atoms with Crippen LogP contribution in [-0.4, -0.2) is 9.97 Å². The fraction of sp³-hybridized carbons (Fsp3) is 0.0769. The average Bonchev–Trinajstić information content (AvgIpc) is 2.89. The van der Waals surface area contributed by atoms with E-state index in [4.69, 9.17) is 14.9 Å². The lowest BCUT2D eigenvalue weighted by atomic mass is 10.2.